The van der Waals surface area contributed by atoms with Crippen LogP contribution in [-0.4, -0.2) is 11.1 Å². The number of carbonyl (C=O) groups is 1. The van der Waals surface area contributed by atoms with Crippen molar-refractivity contribution in [1.82, 2.24) is 0 Å². The van der Waals surface area contributed by atoms with Crippen molar-refractivity contribution in [2.45, 2.75) is 19.3 Å². The number of benzene rings is 2. The van der Waals surface area contributed by atoms with Gasteiger partial charge < -0.3 is 5.11 Å². The summed E-state index contributed by atoms with van der Waals surface area (Å²) in [5.74, 6) is -1.58. The SMILES string of the molecule is CCC(C(=O)O)c1ccc(-c2cccc(F)c2)cc1. The topological polar surface area (TPSA) is 37.3 Å². The number of halogens is 1. The lowest BCUT2D eigenvalue weighted by molar-refractivity contribution is -0.138. The van der Waals surface area contributed by atoms with Gasteiger partial charge in [0, 0.05) is 0 Å². The van der Waals surface area contributed by atoms with E-state index in [1.807, 2.05) is 25.1 Å². The number of carboxylic acids is 1. The van der Waals surface area contributed by atoms with E-state index >= 15 is 0 Å². The summed E-state index contributed by atoms with van der Waals surface area (Å²) in [5.41, 5.74) is 2.44. The molecule has 0 heterocycles. The Kier molecular flexibility index (Phi) is 3.95. The van der Waals surface area contributed by atoms with Gasteiger partial charge in [-0.3, -0.25) is 4.79 Å². The van der Waals surface area contributed by atoms with Crippen molar-refractivity contribution in [1.29, 1.82) is 0 Å². The predicted octanol–water partition coefficient (Wildman–Crippen LogP) is 4.07. The molecule has 2 aromatic carbocycles. The van der Waals surface area contributed by atoms with Gasteiger partial charge in [-0.25, -0.2) is 4.39 Å². The van der Waals surface area contributed by atoms with Crippen molar-refractivity contribution >= 4 is 5.97 Å². The monoisotopic (exact) mass is 258 g/mol. The van der Waals surface area contributed by atoms with Gasteiger partial charge >= 0.3 is 5.97 Å². The van der Waals surface area contributed by atoms with Crippen molar-refractivity contribution in [3.05, 3.63) is 59.9 Å². The van der Waals surface area contributed by atoms with Crippen LogP contribution in [0.4, 0.5) is 4.39 Å². The zero-order chi connectivity index (χ0) is 13.8. The van der Waals surface area contributed by atoms with E-state index < -0.39 is 11.9 Å². The van der Waals surface area contributed by atoms with Crippen molar-refractivity contribution in [3.8, 4) is 11.1 Å². The van der Waals surface area contributed by atoms with Crippen LogP contribution in [0.1, 0.15) is 24.8 Å². The highest BCUT2D eigenvalue weighted by Gasteiger charge is 2.17. The largest absolute Gasteiger partial charge is 0.481 e. The Labute approximate surface area is 111 Å². The fourth-order valence-corrected chi connectivity index (χ4v) is 2.13. The number of hydrogen-bond acceptors (Lipinski definition) is 1. The fraction of sp³-hybridized carbons (Fsp3) is 0.188. The maximum absolute atomic E-state index is 13.1. The average molecular weight is 258 g/mol. The maximum Gasteiger partial charge on any atom is 0.310 e. The first-order valence-electron chi connectivity index (χ1n) is 6.20. The molecule has 0 aliphatic carbocycles. The molecule has 3 heteroatoms. The fourth-order valence-electron chi connectivity index (χ4n) is 2.13. The Bertz CT molecular complexity index is 576. The number of carboxylic acid groups (broad SMARTS) is 1. The number of rotatable bonds is 4. The summed E-state index contributed by atoms with van der Waals surface area (Å²) in [6.45, 7) is 1.85. The van der Waals surface area contributed by atoms with E-state index in [2.05, 4.69) is 0 Å². The van der Waals surface area contributed by atoms with Crippen LogP contribution < -0.4 is 0 Å². The molecule has 2 rings (SSSR count). The lowest BCUT2D eigenvalue weighted by Crippen LogP contribution is -2.10. The van der Waals surface area contributed by atoms with Crippen LogP contribution in [0.15, 0.2) is 48.5 Å². The summed E-state index contributed by atoms with van der Waals surface area (Å²) in [4.78, 5) is 11.1. The highest BCUT2D eigenvalue weighted by atomic mass is 19.1. The standard InChI is InChI=1S/C16H15FO2/c1-2-15(16(18)19)12-8-6-11(7-9-12)13-4-3-5-14(17)10-13/h3-10,15H,2H2,1H3,(H,18,19). The predicted molar refractivity (Wildman–Crippen MR) is 72.5 cm³/mol. The molecule has 98 valence electrons. The molecule has 0 aliphatic rings. The number of hydrogen-bond donors (Lipinski definition) is 1. The summed E-state index contributed by atoms with van der Waals surface area (Å²) in [6, 6.07) is 13.6. The van der Waals surface area contributed by atoms with E-state index in [9.17, 15) is 9.18 Å². The zero-order valence-corrected chi connectivity index (χ0v) is 10.6. The minimum atomic E-state index is -0.819. The molecule has 0 aliphatic heterocycles. The molecule has 2 nitrogen and oxygen atoms in total. The summed E-state index contributed by atoms with van der Waals surface area (Å²) in [7, 11) is 0. The Morgan fingerprint density at radius 2 is 1.84 bits per heavy atom. The van der Waals surface area contributed by atoms with E-state index in [0.717, 1.165) is 16.7 Å². The normalized spacial score (nSPS) is 12.1. The zero-order valence-electron chi connectivity index (χ0n) is 10.6. The van der Waals surface area contributed by atoms with Gasteiger partial charge in [-0.05, 0) is 35.2 Å². The van der Waals surface area contributed by atoms with E-state index in [1.54, 1.807) is 18.2 Å². The maximum atomic E-state index is 13.1. The van der Waals surface area contributed by atoms with Gasteiger partial charge in [-0.15, -0.1) is 0 Å². The molecular formula is C16H15FO2. The van der Waals surface area contributed by atoms with Crippen molar-refractivity contribution in [2.75, 3.05) is 0 Å². The lowest BCUT2D eigenvalue weighted by Gasteiger charge is -2.11. The Hall–Kier alpha value is -2.16. The molecule has 1 N–H and O–H groups in total. The molecule has 0 saturated heterocycles. The van der Waals surface area contributed by atoms with Gasteiger partial charge in [0.05, 0.1) is 5.92 Å². The van der Waals surface area contributed by atoms with E-state index in [0.29, 0.717) is 6.42 Å². The van der Waals surface area contributed by atoms with Crippen LogP contribution in [-0.2, 0) is 4.79 Å². The van der Waals surface area contributed by atoms with Gasteiger partial charge in [-0.2, -0.15) is 0 Å². The number of aliphatic carboxylic acids is 1. The van der Waals surface area contributed by atoms with Gasteiger partial charge in [0.25, 0.3) is 0 Å². The summed E-state index contributed by atoms with van der Waals surface area (Å²) < 4.78 is 13.1. The summed E-state index contributed by atoms with van der Waals surface area (Å²) >= 11 is 0. The molecule has 0 fully saturated rings. The van der Waals surface area contributed by atoms with Crippen LogP contribution in [0.2, 0.25) is 0 Å². The van der Waals surface area contributed by atoms with Crippen molar-refractivity contribution in [3.63, 3.8) is 0 Å². The van der Waals surface area contributed by atoms with Gasteiger partial charge in [0.1, 0.15) is 5.82 Å². The highest BCUT2D eigenvalue weighted by molar-refractivity contribution is 5.76. The van der Waals surface area contributed by atoms with Gasteiger partial charge in [0.2, 0.25) is 0 Å². The smallest absolute Gasteiger partial charge is 0.310 e. The molecule has 0 radical (unpaired) electrons. The lowest BCUT2D eigenvalue weighted by atomic mass is 9.94. The summed E-state index contributed by atoms with van der Waals surface area (Å²) in [5, 5.41) is 9.10. The van der Waals surface area contributed by atoms with Crippen LogP contribution in [0, 0.1) is 5.82 Å². The highest BCUT2D eigenvalue weighted by Crippen LogP contribution is 2.25. The first-order chi connectivity index (χ1) is 9.11. The Morgan fingerprint density at radius 1 is 1.16 bits per heavy atom. The van der Waals surface area contributed by atoms with Crippen LogP contribution in [0.5, 0.6) is 0 Å². The van der Waals surface area contributed by atoms with Crippen LogP contribution in [0.25, 0.3) is 11.1 Å². The first-order valence-corrected chi connectivity index (χ1v) is 6.20. The second kappa shape index (κ2) is 5.65. The van der Waals surface area contributed by atoms with E-state index in [4.69, 9.17) is 5.11 Å². The molecular weight excluding hydrogens is 243 g/mol. The third-order valence-electron chi connectivity index (χ3n) is 3.18. The van der Waals surface area contributed by atoms with E-state index in [-0.39, 0.29) is 5.82 Å². The second-order valence-electron chi connectivity index (χ2n) is 4.43. The molecule has 0 bridgehead atoms. The second-order valence-corrected chi connectivity index (χ2v) is 4.43. The summed E-state index contributed by atoms with van der Waals surface area (Å²) in [6.07, 6.45) is 0.550. The van der Waals surface area contributed by atoms with Crippen LogP contribution >= 0.6 is 0 Å². The molecule has 0 aromatic heterocycles. The molecule has 1 atom stereocenters. The van der Waals surface area contributed by atoms with Crippen molar-refractivity contribution < 1.29 is 14.3 Å². The van der Waals surface area contributed by atoms with Crippen LogP contribution in [0.3, 0.4) is 0 Å². The Morgan fingerprint density at radius 3 is 2.37 bits per heavy atom. The van der Waals surface area contributed by atoms with Gasteiger partial charge in [0.15, 0.2) is 0 Å². The third-order valence-corrected chi connectivity index (χ3v) is 3.18. The minimum absolute atomic E-state index is 0.279. The molecule has 0 saturated carbocycles. The van der Waals surface area contributed by atoms with Gasteiger partial charge in [-0.1, -0.05) is 43.3 Å². The Balaban J connectivity index is 2.30. The molecule has 0 spiro atoms. The first kappa shape index (κ1) is 13.3. The molecule has 1 unspecified atom stereocenters. The quantitative estimate of drug-likeness (QED) is 0.897. The average Bonchev–Trinajstić information content (AvgIpc) is 2.40. The third kappa shape index (κ3) is 2.99. The molecule has 19 heavy (non-hydrogen) atoms. The van der Waals surface area contributed by atoms with Crippen molar-refractivity contribution in [2.24, 2.45) is 0 Å². The minimum Gasteiger partial charge on any atom is -0.481 e. The molecule has 0 amide bonds. The van der Waals surface area contributed by atoms with E-state index in [1.165, 1.54) is 12.1 Å². The molecule has 2 aromatic rings.